The van der Waals surface area contributed by atoms with Crippen molar-refractivity contribution in [2.24, 2.45) is 13.0 Å². The molecule has 1 aliphatic carbocycles. The molecular weight excluding hydrogens is 314 g/mol. The van der Waals surface area contributed by atoms with Crippen LogP contribution >= 0.6 is 0 Å². The van der Waals surface area contributed by atoms with Gasteiger partial charge in [-0.15, -0.1) is 0 Å². The molecule has 0 aliphatic heterocycles. The molecule has 0 bridgehead atoms. The zero-order valence-electron chi connectivity index (χ0n) is 15.1. The average molecular weight is 341 g/mol. The van der Waals surface area contributed by atoms with E-state index in [4.69, 9.17) is 0 Å². The van der Waals surface area contributed by atoms with Crippen molar-refractivity contribution in [3.63, 3.8) is 0 Å². The van der Waals surface area contributed by atoms with Crippen molar-refractivity contribution in [1.82, 2.24) is 15.1 Å². The summed E-state index contributed by atoms with van der Waals surface area (Å²) in [5.41, 5.74) is 0.536. The van der Waals surface area contributed by atoms with E-state index in [1.807, 2.05) is 18.2 Å². The molecule has 0 saturated heterocycles. The first-order chi connectivity index (χ1) is 12.1. The van der Waals surface area contributed by atoms with Crippen molar-refractivity contribution in [2.45, 2.75) is 57.9 Å². The number of nitrogens with one attached hydrogen (secondary N) is 1. The molecule has 1 aromatic heterocycles. The minimum Gasteiger partial charge on any atom is -0.353 e. The summed E-state index contributed by atoms with van der Waals surface area (Å²) in [6, 6.07) is 7.66. The number of aryl methyl sites for hydroxylation is 1. The molecule has 2 aromatic rings. The summed E-state index contributed by atoms with van der Waals surface area (Å²) < 4.78 is 1.32. The van der Waals surface area contributed by atoms with Gasteiger partial charge in [0.25, 0.3) is 5.56 Å². The van der Waals surface area contributed by atoms with Crippen molar-refractivity contribution < 1.29 is 4.79 Å². The van der Waals surface area contributed by atoms with Gasteiger partial charge in [-0.3, -0.25) is 9.59 Å². The molecule has 5 heteroatoms. The van der Waals surface area contributed by atoms with Gasteiger partial charge in [-0.05, 0) is 31.2 Å². The topological polar surface area (TPSA) is 64.0 Å². The van der Waals surface area contributed by atoms with Crippen molar-refractivity contribution in [3.8, 4) is 0 Å². The molecule has 2 atom stereocenters. The molecule has 1 N–H and O–H groups in total. The van der Waals surface area contributed by atoms with E-state index in [-0.39, 0.29) is 23.9 Å². The van der Waals surface area contributed by atoms with Crippen LogP contribution in [0.5, 0.6) is 0 Å². The maximum atomic E-state index is 12.6. The van der Waals surface area contributed by atoms with Crippen LogP contribution in [0.4, 0.5) is 0 Å². The normalized spacial score (nSPS) is 20.1. The second kappa shape index (κ2) is 7.81. The predicted molar refractivity (Wildman–Crippen MR) is 99.5 cm³/mol. The molecule has 0 radical (unpaired) electrons. The highest BCUT2D eigenvalue weighted by molar-refractivity contribution is 5.88. The Morgan fingerprint density at radius 1 is 1.28 bits per heavy atom. The third kappa shape index (κ3) is 3.91. The van der Waals surface area contributed by atoms with Crippen molar-refractivity contribution >= 4 is 16.7 Å². The van der Waals surface area contributed by atoms with Crippen LogP contribution in [0.1, 0.15) is 51.1 Å². The molecule has 1 amide bonds. The summed E-state index contributed by atoms with van der Waals surface area (Å²) in [7, 11) is 1.63. The molecule has 25 heavy (non-hydrogen) atoms. The summed E-state index contributed by atoms with van der Waals surface area (Å²) in [4.78, 5) is 24.8. The Morgan fingerprint density at radius 2 is 2.04 bits per heavy atom. The lowest BCUT2D eigenvalue weighted by Gasteiger charge is -2.21. The molecule has 134 valence electrons. The number of rotatable bonds is 6. The van der Waals surface area contributed by atoms with E-state index >= 15 is 0 Å². The van der Waals surface area contributed by atoms with Crippen LogP contribution in [-0.2, 0) is 18.3 Å². The smallest absolute Gasteiger partial charge is 0.274 e. The van der Waals surface area contributed by atoms with E-state index in [0.29, 0.717) is 17.0 Å². The van der Waals surface area contributed by atoms with Crippen molar-refractivity contribution in [3.05, 3.63) is 40.3 Å². The highest BCUT2D eigenvalue weighted by Crippen LogP contribution is 2.30. The van der Waals surface area contributed by atoms with Crippen LogP contribution in [0.15, 0.2) is 29.1 Å². The minimum atomic E-state index is -0.129. The fourth-order valence-electron chi connectivity index (χ4n) is 3.96. The van der Waals surface area contributed by atoms with Crippen LogP contribution in [0, 0.1) is 5.92 Å². The van der Waals surface area contributed by atoms with E-state index in [0.717, 1.165) is 11.8 Å². The summed E-state index contributed by atoms with van der Waals surface area (Å²) in [5, 5.41) is 8.93. The number of amides is 1. The number of fused-ring (bicyclic) bond motifs is 1. The van der Waals surface area contributed by atoms with Gasteiger partial charge in [0.2, 0.25) is 5.91 Å². The zero-order valence-corrected chi connectivity index (χ0v) is 15.1. The SMILES string of the molecule is CCCC[C@@H]1CCC[C@@H]1NC(=O)Cc1nn(C)c(=O)c2ccccc12. The summed E-state index contributed by atoms with van der Waals surface area (Å²) in [6.07, 6.45) is 7.32. The van der Waals surface area contributed by atoms with E-state index in [1.54, 1.807) is 13.1 Å². The Balaban J connectivity index is 1.74. The molecular formula is C20H27N3O2. The molecule has 1 fully saturated rings. The molecule has 5 nitrogen and oxygen atoms in total. The van der Waals surface area contributed by atoms with Crippen molar-refractivity contribution in [2.75, 3.05) is 0 Å². The first-order valence-corrected chi connectivity index (χ1v) is 9.34. The quantitative estimate of drug-likeness (QED) is 0.878. The van der Waals surface area contributed by atoms with Crippen LogP contribution in [0.2, 0.25) is 0 Å². The Labute approximate surface area is 148 Å². The second-order valence-corrected chi connectivity index (χ2v) is 7.11. The van der Waals surface area contributed by atoms with Gasteiger partial charge in [0, 0.05) is 18.5 Å². The van der Waals surface area contributed by atoms with Crippen LogP contribution in [0.25, 0.3) is 10.8 Å². The number of hydrogen-bond donors (Lipinski definition) is 1. The predicted octanol–water partition coefficient (Wildman–Crippen LogP) is 2.95. The summed E-state index contributed by atoms with van der Waals surface area (Å²) in [5.74, 6) is 0.610. The number of carbonyl (C=O) groups excluding carboxylic acids is 1. The van der Waals surface area contributed by atoms with E-state index < -0.39 is 0 Å². The highest BCUT2D eigenvalue weighted by Gasteiger charge is 2.28. The van der Waals surface area contributed by atoms with E-state index in [9.17, 15) is 9.59 Å². The Morgan fingerprint density at radius 3 is 2.80 bits per heavy atom. The van der Waals surface area contributed by atoms with Gasteiger partial charge in [-0.1, -0.05) is 44.4 Å². The number of carbonyl (C=O) groups is 1. The Kier molecular flexibility index (Phi) is 5.51. The lowest BCUT2D eigenvalue weighted by atomic mass is 9.96. The first kappa shape index (κ1) is 17.6. The molecule has 0 unspecified atom stereocenters. The number of benzene rings is 1. The standard InChI is InChI=1S/C20H27N3O2/c1-3-4-8-14-9-7-12-17(14)21-19(24)13-18-15-10-5-6-11-16(15)20(25)23(2)22-18/h5-6,10-11,14,17H,3-4,7-9,12-13H2,1-2H3,(H,21,24)/t14-,17+/m1/s1. The number of hydrogen-bond acceptors (Lipinski definition) is 3. The van der Waals surface area contributed by atoms with Gasteiger partial charge in [0.1, 0.15) is 0 Å². The van der Waals surface area contributed by atoms with Gasteiger partial charge in [0.05, 0.1) is 17.5 Å². The lowest BCUT2D eigenvalue weighted by Crippen LogP contribution is -2.38. The summed E-state index contributed by atoms with van der Waals surface area (Å²) in [6.45, 7) is 2.21. The minimum absolute atomic E-state index is 0.00435. The number of unbranched alkanes of at least 4 members (excludes halogenated alkanes) is 1. The van der Waals surface area contributed by atoms with Gasteiger partial charge < -0.3 is 5.32 Å². The fourth-order valence-corrected chi connectivity index (χ4v) is 3.96. The largest absolute Gasteiger partial charge is 0.353 e. The molecule has 1 saturated carbocycles. The molecule has 1 aliphatic rings. The fraction of sp³-hybridized carbons (Fsp3) is 0.550. The van der Waals surface area contributed by atoms with Gasteiger partial charge in [-0.2, -0.15) is 5.10 Å². The second-order valence-electron chi connectivity index (χ2n) is 7.11. The zero-order chi connectivity index (χ0) is 17.8. The third-order valence-electron chi connectivity index (χ3n) is 5.29. The molecule has 1 aromatic carbocycles. The maximum absolute atomic E-state index is 12.6. The number of aromatic nitrogens is 2. The molecule has 0 spiro atoms. The average Bonchev–Trinajstić information content (AvgIpc) is 3.04. The van der Waals surface area contributed by atoms with Gasteiger partial charge in [0.15, 0.2) is 0 Å². The van der Waals surface area contributed by atoms with Crippen molar-refractivity contribution in [1.29, 1.82) is 0 Å². The van der Waals surface area contributed by atoms with Crippen LogP contribution < -0.4 is 10.9 Å². The summed E-state index contributed by atoms with van der Waals surface area (Å²) >= 11 is 0. The van der Waals surface area contributed by atoms with Crippen LogP contribution in [0.3, 0.4) is 0 Å². The Hall–Kier alpha value is -2.17. The van der Waals surface area contributed by atoms with E-state index in [1.165, 1.54) is 36.8 Å². The van der Waals surface area contributed by atoms with Crippen LogP contribution in [-0.4, -0.2) is 21.7 Å². The highest BCUT2D eigenvalue weighted by atomic mass is 16.2. The van der Waals surface area contributed by atoms with Gasteiger partial charge in [-0.25, -0.2) is 4.68 Å². The monoisotopic (exact) mass is 341 g/mol. The Bertz CT molecular complexity index is 812. The van der Waals surface area contributed by atoms with E-state index in [2.05, 4.69) is 17.3 Å². The lowest BCUT2D eigenvalue weighted by molar-refractivity contribution is -0.121. The maximum Gasteiger partial charge on any atom is 0.274 e. The van der Waals surface area contributed by atoms with Gasteiger partial charge >= 0.3 is 0 Å². The first-order valence-electron chi connectivity index (χ1n) is 9.34. The number of nitrogens with zero attached hydrogens (tertiary/aromatic N) is 2. The molecule has 1 heterocycles. The molecule has 3 rings (SSSR count). The third-order valence-corrected chi connectivity index (χ3v) is 5.29.